The lowest BCUT2D eigenvalue weighted by Crippen LogP contribution is -2.66. The number of fused-ring (bicyclic) bond motifs is 7. The predicted octanol–water partition coefficient (Wildman–Crippen LogP) is 0.815. The summed E-state index contributed by atoms with van der Waals surface area (Å²) in [4.78, 5) is 0. The Hall–Kier alpha value is -0.900. The van der Waals surface area contributed by atoms with Crippen molar-refractivity contribution in [3.8, 4) is 0 Å². The molecule has 5 aliphatic heterocycles. The zero-order chi connectivity index (χ0) is 43.5. The maximum atomic E-state index is 12.0. The first-order valence-electron chi connectivity index (χ1n) is 23.3. The highest BCUT2D eigenvalue weighted by molar-refractivity contribution is 5.26. The van der Waals surface area contributed by atoms with Gasteiger partial charge in [0, 0.05) is 12.5 Å². The Balaban J connectivity index is 0.916. The molecule has 61 heavy (non-hydrogen) atoms. The fourth-order valence-electron chi connectivity index (χ4n) is 14.2. The Kier molecular flexibility index (Phi) is 12.4. The third-order valence-electron chi connectivity index (χ3n) is 17.9. The van der Waals surface area contributed by atoms with E-state index >= 15 is 0 Å². The van der Waals surface area contributed by atoms with E-state index in [1.165, 1.54) is 38.7 Å². The largest absolute Gasteiger partial charge is 0.394 e. The van der Waals surface area contributed by atoms with Crippen molar-refractivity contribution >= 4 is 0 Å². The molecule has 9 aliphatic rings. The third-order valence-corrected chi connectivity index (χ3v) is 17.9. The van der Waals surface area contributed by atoms with Gasteiger partial charge in [-0.2, -0.15) is 0 Å². The van der Waals surface area contributed by atoms with Crippen molar-refractivity contribution in [1.82, 2.24) is 5.32 Å². The van der Waals surface area contributed by atoms with Crippen LogP contribution in [0.5, 0.6) is 0 Å². The van der Waals surface area contributed by atoms with E-state index in [0.29, 0.717) is 54.5 Å². The van der Waals surface area contributed by atoms with Crippen LogP contribution in [0.2, 0.25) is 0 Å². The van der Waals surface area contributed by atoms with Gasteiger partial charge in [0.05, 0.1) is 31.0 Å². The summed E-state index contributed by atoms with van der Waals surface area (Å²) >= 11 is 0. The molecule has 0 amide bonds. The van der Waals surface area contributed by atoms with E-state index in [0.717, 1.165) is 32.2 Å². The average molecular weight is 868 g/mol. The number of hydrogen-bond donors (Lipinski definition) is 9. The molecule has 5 heterocycles. The number of aliphatic hydroxyl groups excluding tert-OH is 8. The first-order valence-corrected chi connectivity index (χ1v) is 23.3. The summed E-state index contributed by atoms with van der Waals surface area (Å²) in [6.07, 6.45) is -9.93. The number of hydrogen-bond acceptors (Lipinski definition) is 16. The van der Waals surface area contributed by atoms with Gasteiger partial charge in [0.15, 0.2) is 18.9 Å². The summed E-state index contributed by atoms with van der Waals surface area (Å²) in [6, 6.07) is 0. The lowest BCUT2D eigenvalue weighted by molar-refractivity contribution is -0.388. The van der Waals surface area contributed by atoms with Gasteiger partial charge in [-0.25, -0.2) is 0 Å². The second-order valence-corrected chi connectivity index (χ2v) is 21.2. The Bertz CT molecular complexity index is 1600. The molecular formula is C45H73NO15. The van der Waals surface area contributed by atoms with E-state index in [2.05, 4.69) is 39.1 Å². The SMILES string of the molecule is C[C@@H]1CC[C@@]2(NC1)O[C@H]1C[C@H]3[C@@H]4CC=C5C[C@@H](O[C@@H]6O[C@H](CO)[C@@H](O[C@H]7O[C@@H](C)[C@H](O)[C@@H](O)[C@H]7O)[C@H](O)[C@H]6O[C@@H]6O[C@@H](C)[C@H](O)[C@@H](O)[C@H]6O)CC[C@]5(C)[C@H]4CC[C@]3(C)[C@H]1[C@@H]2C. The standard InChI is InChI=1S/C45H73NO15/c1-19-9-14-45(46-17-19)20(2)30-28(61-45)16-27-25-8-7-23-15-24(10-12-43(23,5)26(25)11-13-44(27,30)6)57-42-39(60-41-36(53)34(51)32(49)22(4)56-41)37(54)38(29(18-47)58-42)59-40-35(52)33(50)31(48)21(3)55-40/h7,19-22,24-42,46-54H,8-18H2,1-6H3/t19-,20+,21+,22+,24+,25-,26+,27+,28+,29-,30+,31+,32+,33-,34-,35-,36-,37+,38-,39-,40-,41+,42-,43+,44+,45-/m1/s1. The first kappa shape index (κ1) is 45.3. The molecule has 1 spiro atoms. The van der Waals surface area contributed by atoms with E-state index in [4.69, 9.17) is 33.2 Å². The van der Waals surface area contributed by atoms with Gasteiger partial charge in [-0.15, -0.1) is 0 Å². The zero-order valence-corrected chi connectivity index (χ0v) is 36.6. The van der Waals surface area contributed by atoms with E-state index in [-0.39, 0.29) is 22.7 Å². The van der Waals surface area contributed by atoms with E-state index in [1.54, 1.807) is 0 Å². The lowest BCUT2D eigenvalue weighted by atomic mass is 9.47. The number of aliphatic hydroxyl groups is 8. The van der Waals surface area contributed by atoms with Crippen molar-refractivity contribution in [3.63, 3.8) is 0 Å². The average Bonchev–Trinajstić information content (AvgIpc) is 3.69. The number of rotatable bonds is 7. The van der Waals surface area contributed by atoms with Crippen LogP contribution in [0.4, 0.5) is 0 Å². The zero-order valence-electron chi connectivity index (χ0n) is 36.6. The molecular weight excluding hydrogens is 794 g/mol. The topological polar surface area (TPSA) is 238 Å². The fraction of sp³-hybridized carbons (Fsp3) is 0.956. The molecule has 4 aliphatic carbocycles. The van der Waals surface area contributed by atoms with Crippen LogP contribution in [0.25, 0.3) is 0 Å². The summed E-state index contributed by atoms with van der Waals surface area (Å²) in [5.74, 6) is 3.43. The number of nitrogens with one attached hydrogen (secondary N) is 1. The van der Waals surface area contributed by atoms with Crippen molar-refractivity contribution in [2.24, 2.45) is 46.3 Å². The summed E-state index contributed by atoms with van der Waals surface area (Å²) in [5.41, 5.74) is 1.41. The molecule has 3 saturated carbocycles. The minimum absolute atomic E-state index is 0.00472. The van der Waals surface area contributed by atoms with Gasteiger partial charge in [0.1, 0.15) is 66.8 Å². The minimum Gasteiger partial charge on any atom is -0.394 e. The van der Waals surface area contributed by atoms with Crippen molar-refractivity contribution < 1.29 is 74.0 Å². The summed E-state index contributed by atoms with van der Waals surface area (Å²) in [7, 11) is 0. The fourth-order valence-corrected chi connectivity index (χ4v) is 14.2. The molecule has 16 nitrogen and oxygen atoms in total. The highest BCUT2D eigenvalue weighted by atomic mass is 16.8. The molecule has 16 heteroatoms. The summed E-state index contributed by atoms with van der Waals surface area (Å²) < 4.78 is 43.7. The molecule has 348 valence electrons. The molecule has 0 unspecified atom stereocenters. The maximum absolute atomic E-state index is 12.0. The smallest absolute Gasteiger partial charge is 0.187 e. The van der Waals surface area contributed by atoms with Gasteiger partial charge in [-0.05, 0) is 112 Å². The van der Waals surface area contributed by atoms with Crippen LogP contribution in [0, 0.1) is 46.3 Å². The number of ether oxygens (including phenoxy) is 7. The van der Waals surface area contributed by atoms with Crippen LogP contribution in [0.3, 0.4) is 0 Å². The second-order valence-electron chi connectivity index (χ2n) is 21.2. The van der Waals surface area contributed by atoms with Gasteiger partial charge < -0.3 is 74.0 Å². The van der Waals surface area contributed by atoms with E-state index in [1.807, 2.05) is 0 Å². The molecule has 0 aromatic carbocycles. The molecule has 0 bridgehead atoms. The summed E-state index contributed by atoms with van der Waals surface area (Å²) in [6.45, 7) is 13.2. The molecule has 0 aromatic heterocycles. The number of allylic oxidation sites excluding steroid dienone is 1. The predicted molar refractivity (Wildman–Crippen MR) is 215 cm³/mol. The Morgan fingerprint density at radius 3 is 1.98 bits per heavy atom. The van der Waals surface area contributed by atoms with E-state index < -0.39 is 98.7 Å². The molecule has 5 saturated heterocycles. The third kappa shape index (κ3) is 7.42. The quantitative estimate of drug-likeness (QED) is 0.161. The van der Waals surface area contributed by atoms with Crippen molar-refractivity contribution in [1.29, 1.82) is 0 Å². The van der Waals surface area contributed by atoms with Gasteiger partial charge in [-0.1, -0.05) is 39.3 Å². The van der Waals surface area contributed by atoms with Crippen molar-refractivity contribution in [2.75, 3.05) is 13.2 Å². The molecule has 9 N–H and O–H groups in total. The van der Waals surface area contributed by atoms with E-state index in [9.17, 15) is 40.9 Å². The first-order chi connectivity index (χ1) is 28.9. The van der Waals surface area contributed by atoms with Gasteiger partial charge in [0.25, 0.3) is 0 Å². The van der Waals surface area contributed by atoms with Crippen LogP contribution in [0.1, 0.15) is 99.3 Å². The molecule has 0 aromatic rings. The monoisotopic (exact) mass is 867 g/mol. The van der Waals surface area contributed by atoms with Crippen LogP contribution in [-0.4, -0.2) is 164 Å². The van der Waals surface area contributed by atoms with Gasteiger partial charge in [-0.3, -0.25) is 5.32 Å². The molecule has 26 atom stereocenters. The van der Waals surface area contributed by atoms with Crippen LogP contribution < -0.4 is 5.32 Å². The van der Waals surface area contributed by atoms with Crippen LogP contribution in [-0.2, 0) is 33.2 Å². The minimum atomic E-state index is -1.70. The van der Waals surface area contributed by atoms with Crippen molar-refractivity contribution in [3.05, 3.63) is 11.6 Å². The normalized spacial score (nSPS) is 58.4. The Labute approximate surface area is 359 Å². The Morgan fingerprint density at radius 1 is 0.705 bits per heavy atom. The van der Waals surface area contributed by atoms with Gasteiger partial charge in [0.2, 0.25) is 0 Å². The maximum Gasteiger partial charge on any atom is 0.187 e. The second kappa shape index (κ2) is 16.8. The Morgan fingerprint density at radius 2 is 1.36 bits per heavy atom. The highest BCUT2D eigenvalue weighted by Gasteiger charge is 2.68. The molecule has 0 radical (unpaired) electrons. The molecule has 9 rings (SSSR count). The van der Waals surface area contributed by atoms with Crippen molar-refractivity contribution in [2.45, 2.75) is 209 Å². The summed E-state index contributed by atoms with van der Waals surface area (Å²) in [5, 5.41) is 89.8. The lowest BCUT2D eigenvalue weighted by Gasteiger charge is -2.59. The highest BCUT2D eigenvalue weighted by Crippen LogP contribution is 2.70. The van der Waals surface area contributed by atoms with Gasteiger partial charge >= 0.3 is 0 Å². The molecule has 8 fully saturated rings. The number of piperidine rings is 1. The van der Waals surface area contributed by atoms with Crippen LogP contribution in [0.15, 0.2) is 11.6 Å². The van der Waals surface area contributed by atoms with Crippen LogP contribution >= 0.6 is 0 Å².